The molecule has 10 heteroatoms. The molecule has 23 heavy (non-hydrogen) atoms. The molecule has 0 spiro atoms. The number of rotatable bonds is 13. The van der Waals surface area contributed by atoms with Crippen molar-refractivity contribution < 1.29 is 37.9 Å². The smallest absolute Gasteiger partial charge is 0.463 e. The number of carbonyl (C=O) groups is 2. The van der Waals surface area contributed by atoms with Gasteiger partial charge in [0.15, 0.2) is 0 Å². The summed E-state index contributed by atoms with van der Waals surface area (Å²) in [6, 6.07) is 0. The van der Waals surface area contributed by atoms with E-state index < -0.39 is 26.5 Å². The average molecular weight is 355 g/mol. The van der Waals surface area contributed by atoms with Gasteiger partial charge in [-0.05, 0) is 12.8 Å². The summed E-state index contributed by atoms with van der Waals surface area (Å²) in [4.78, 5) is 31.6. The monoisotopic (exact) mass is 355 g/mol. The highest BCUT2D eigenvalue weighted by Gasteiger charge is 2.23. The van der Waals surface area contributed by atoms with Gasteiger partial charge >= 0.3 is 13.8 Å². The minimum Gasteiger partial charge on any atom is -0.463 e. The molecule has 0 saturated carbocycles. The second kappa shape index (κ2) is 12.4. The molecule has 0 aromatic heterocycles. The fourth-order valence-electron chi connectivity index (χ4n) is 1.40. The highest BCUT2D eigenvalue weighted by Crippen LogP contribution is 2.42. The number of hydrogen-bond acceptors (Lipinski definition) is 7. The summed E-state index contributed by atoms with van der Waals surface area (Å²) in [6.45, 7) is 2.69. The Morgan fingerprint density at radius 3 is 2.39 bits per heavy atom. The van der Waals surface area contributed by atoms with E-state index in [1.54, 1.807) is 0 Å². The quantitative estimate of drug-likeness (QED) is 0.250. The first kappa shape index (κ1) is 22.0. The van der Waals surface area contributed by atoms with Gasteiger partial charge in [0.1, 0.15) is 12.7 Å². The topological polar surface area (TPSA) is 131 Å². The molecule has 0 aliphatic heterocycles. The van der Waals surface area contributed by atoms with Crippen LogP contribution >= 0.6 is 7.82 Å². The van der Waals surface area contributed by atoms with Crippen molar-refractivity contribution in [3.05, 3.63) is 0 Å². The van der Waals surface area contributed by atoms with Gasteiger partial charge in [0.05, 0.1) is 13.2 Å². The van der Waals surface area contributed by atoms with E-state index in [9.17, 15) is 24.2 Å². The zero-order valence-electron chi connectivity index (χ0n) is 13.5. The first-order valence-electron chi connectivity index (χ1n) is 7.53. The Bertz CT molecular complexity index is 403. The van der Waals surface area contributed by atoms with Crippen molar-refractivity contribution in [1.29, 1.82) is 0 Å². The Hall–Kier alpha value is -0.990. The maximum absolute atomic E-state index is 11.5. The highest BCUT2D eigenvalue weighted by molar-refractivity contribution is 7.47. The summed E-state index contributed by atoms with van der Waals surface area (Å²) >= 11 is 0. The fourth-order valence-corrected chi connectivity index (χ4v) is 2.15. The molecule has 9 nitrogen and oxygen atoms in total. The number of aliphatic hydroxyl groups excluding tert-OH is 1. The van der Waals surface area contributed by atoms with Gasteiger partial charge < -0.3 is 20.1 Å². The predicted molar refractivity (Wildman–Crippen MR) is 81.5 cm³/mol. The molecule has 2 atom stereocenters. The maximum Gasteiger partial charge on any atom is 0.472 e. The maximum atomic E-state index is 11.5. The molecule has 1 amide bonds. The molecule has 0 fully saturated rings. The summed E-state index contributed by atoms with van der Waals surface area (Å²) in [5, 5.41) is 12.0. The normalized spacial score (nSPS) is 14.8. The lowest BCUT2D eigenvalue weighted by molar-refractivity contribution is -0.147. The van der Waals surface area contributed by atoms with E-state index in [0.717, 1.165) is 0 Å². The number of phosphoric ester groups is 1. The predicted octanol–water partition coefficient (Wildman–Crippen LogP) is 0.740. The van der Waals surface area contributed by atoms with Crippen molar-refractivity contribution in [2.24, 2.45) is 0 Å². The molecule has 0 aliphatic carbocycles. The van der Waals surface area contributed by atoms with E-state index in [4.69, 9.17) is 4.74 Å². The van der Waals surface area contributed by atoms with Crippen molar-refractivity contribution in [3.63, 3.8) is 0 Å². The molecule has 0 bridgehead atoms. The number of ether oxygens (including phenoxy) is 1. The number of carbonyl (C=O) groups excluding carboxylic acids is 2. The Kier molecular flexibility index (Phi) is 11.9. The van der Waals surface area contributed by atoms with Crippen LogP contribution in [0, 0.1) is 0 Å². The summed E-state index contributed by atoms with van der Waals surface area (Å²) in [7, 11) is -4.33. The number of nitrogens with one attached hydrogen (secondary N) is 1. The first-order valence-corrected chi connectivity index (χ1v) is 9.02. The Morgan fingerprint density at radius 1 is 1.13 bits per heavy atom. The third-order valence-corrected chi connectivity index (χ3v) is 3.46. The van der Waals surface area contributed by atoms with Gasteiger partial charge in [-0.15, -0.1) is 0 Å². The Balaban J connectivity index is 3.83. The summed E-state index contributed by atoms with van der Waals surface area (Å²) in [6.07, 6.45) is 0.702. The molecule has 0 rings (SSSR count). The first-order chi connectivity index (χ1) is 10.8. The Labute approximate surface area is 135 Å². The third-order valence-electron chi connectivity index (χ3n) is 2.48. The highest BCUT2D eigenvalue weighted by atomic mass is 31.2. The lowest BCUT2D eigenvalue weighted by atomic mass is 10.3. The van der Waals surface area contributed by atoms with E-state index in [1.165, 1.54) is 0 Å². The molecular weight excluding hydrogens is 329 g/mol. The second-order valence-electron chi connectivity index (χ2n) is 4.78. The van der Waals surface area contributed by atoms with E-state index >= 15 is 0 Å². The van der Waals surface area contributed by atoms with Crippen LogP contribution in [-0.2, 0) is 27.9 Å². The molecule has 136 valence electrons. The number of phosphoric acid groups is 1. The van der Waals surface area contributed by atoms with Crippen LogP contribution in [0.15, 0.2) is 0 Å². The van der Waals surface area contributed by atoms with E-state index in [2.05, 4.69) is 14.4 Å². The van der Waals surface area contributed by atoms with Crippen LogP contribution in [0.4, 0.5) is 0 Å². The van der Waals surface area contributed by atoms with Gasteiger partial charge in [0.25, 0.3) is 0 Å². The van der Waals surface area contributed by atoms with Gasteiger partial charge in [0.2, 0.25) is 5.91 Å². The average Bonchev–Trinajstić information content (AvgIpc) is 2.48. The van der Waals surface area contributed by atoms with Gasteiger partial charge in [-0.2, -0.15) is 0 Å². The molecule has 0 heterocycles. The lowest BCUT2D eigenvalue weighted by Gasteiger charge is -2.15. The van der Waals surface area contributed by atoms with Gasteiger partial charge in [-0.3, -0.25) is 18.6 Å². The molecule has 3 N–H and O–H groups in total. The van der Waals surface area contributed by atoms with Crippen LogP contribution in [0.5, 0.6) is 0 Å². The minimum atomic E-state index is -4.33. The van der Waals surface area contributed by atoms with Gasteiger partial charge in [-0.25, -0.2) is 4.57 Å². The van der Waals surface area contributed by atoms with Crippen molar-refractivity contribution >= 4 is 19.7 Å². The lowest BCUT2D eigenvalue weighted by Crippen LogP contribution is -2.27. The van der Waals surface area contributed by atoms with Crippen molar-refractivity contribution in [2.45, 2.75) is 45.6 Å². The fraction of sp³-hybridized carbons (Fsp3) is 0.846. The number of hydrogen-bond donors (Lipinski definition) is 3. The van der Waals surface area contributed by atoms with Crippen LogP contribution in [0.2, 0.25) is 0 Å². The molecule has 0 aliphatic rings. The largest absolute Gasteiger partial charge is 0.472 e. The zero-order chi connectivity index (χ0) is 17.7. The zero-order valence-corrected chi connectivity index (χ0v) is 14.4. The van der Waals surface area contributed by atoms with Gasteiger partial charge in [-0.1, -0.05) is 13.8 Å². The molecule has 0 saturated heterocycles. The standard InChI is InChI=1S/C13H26NO8P/c1-3-5-12(16)14-7-8-21-23(18,19)22-10-11(15)9-20-13(17)6-4-2/h11,15H,3-10H2,1-2H3,(H,14,16)(H,18,19). The van der Waals surface area contributed by atoms with Crippen molar-refractivity contribution in [3.8, 4) is 0 Å². The second-order valence-corrected chi connectivity index (χ2v) is 6.24. The summed E-state index contributed by atoms with van der Waals surface area (Å²) < 4.78 is 25.4. The van der Waals surface area contributed by atoms with Crippen LogP contribution in [-0.4, -0.2) is 54.3 Å². The number of aliphatic hydroxyl groups is 1. The SMILES string of the molecule is CCCC(=O)NCCOP(=O)(O)OCC(O)COC(=O)CCC. The van der Waals surface area contributed by atoms with Crippen molar-refractivity contribution in [1.82, 2.24) is 5.32 Å². The summed E-state index contributed by atoms with van der Waals surface area (Å²) in [5.74, 6) is -0.632. The van der Waals surface area contributed by atoms with E-state index in [-0.39, 0.29) is 32.1 Å². The number of amides is 1. The molecular formula is C13H26NO8P. The third kappa shape index (κ3) is 13.2. The molecule has 2 unspecified atom stereocenters. The van der Waals surface area contributed by atoms with Gasteiger partial charge in [0, 0.05) is 19.4 Å². The van der Waals surface area contributed by atoms with E-state index in [1.807, 2.05) is 13.8 Å². The molecule has 0 aromatic carbocycles. The van der Waals surface area contributed by atoms with Crippen LogP contribution in [0.25, 0.3) is 0 Å². The number of esters is 1. The molecule has 0 aromatic rings. The summed E-state index contributed by atoms with van der Waals surface area (Å²) in [5.41, 5.74) is 0. The van der Waals surface area contributed by atoms with Crippen LogP contribution in [0.1, 0.15) is 39.5 Å². The van der Waals surface area contributed by atoms with Crippen molar-refractivity contribution in [2.75, 3.05) is 26.4 Å². The molecule has 0 radical (unpaired) electrons. The van der Waals surface area contributed by atoms with E-state index in [0.29, 0.717) is 19.3 Å². The van der Waals surface area contributed by atoms with Crippen LogP contribution in [0.3, 0.4) is 0 Å². The van der Waals surface area contributed by atoms with Crippen LogP contribution < -0.4 is 5.32 Å². The Morgan fingerprint density at radius 2 is 1.78 bits per heavy atom. The minimum absolute atomic E-state index is 0.0733.